The molecule has 3 amide bonds. The molecule has 0 aromatic heterocycles. The number of hydrogen-bond acceptors (Lipinski definition) is 2. The number of anilines is 2. The molecular weight excluding hydrogens is 278 g/mol. The van der Waals surface area contributed by atoms with E-state index in [-0.39, 0.29) is 11.9 Å². The zero-order chi connectivity index (χ0) is 15.8. The fourth-order valence-corrected chi connectivity index (χ4v) is 1.82. The molecule has 0 aliphatic carbocycles. The molecule has 0 heterocycles. The van der Waals surface area contributed by atoms with Gasteiger partial charge in [0, 0.05) is 24.5 Å². The molecule has 3 N–H and O–H groups in total. The first-order valence-corrected chi connectivity index (χ1v) is 6.80. The number of nitrogens with one attached hydrogen (secondary N) is 3. The van der Waals surface area contributed by atoms with Crippen molar-refractivity contribution >= 4 is 29.4 Å². The molecular formula is C17H17N3O2. The van der Waals surface area contributed by atoms with Crippen LogP contribution in [0.25, 0.3) is 6.08 Å². The quantitative estimate of drug-likeness (QED) is 0.808. The summed E-state index contributed by atoms with van der Waals surface area (Å²) < 4.78 is 0. The Bertz CT molecular complexity index is 681. The van der Waals surface area contributed by atoms with Gasteiger partial charge in [-0.1, -0.05) is 36.4 Å². The average Bonchev–Trinajstić information content (AvgIpc) is 2.48. The van der Waals surface area contributed by atoms with Crippen molar-refractivity contribution in [2.45, 2.75) is 6.92 Å². The standard InChI is InChI=1S/C17H17N3O2/c1-13(21)19-15-8-5-9-16(12-15)20-17(22)18-11-10-14-6-3-2-4-7-14/h2-12H,1H3,(H,19,21)(H2,18,20,22)/b11-10+. The van der Waals surface area contributed by atoms with E-state index in [4.69, 9.17) is 0 Å². The second kappa shape index (κ2) is 7.64. The Balaban J connectivity index is 1.89. The maximum atomic E-state index is 11.8. The van der Waals surface area contributed by atoms with Crippen molar-refractivity contribution in [2.75, 3.05) is 10.6 Å². The Kier molecular flexibility index (Phi) is 5.31. The summed E-state index contributed by atoms with van der Waals surface area (Å²) in [6, 6.07) is 16.2. The first-order chi connectivity index (χ1) is 10.6. The van der Waals surface area contributed by atoms with Crippen LogP contribution < -0.4 is 16.0 Å². The molecule has 0 unspecified atom stereocenters. The number of rotatable bonds is 4. The molecule has 0 aliphatic heterocycles. The fraction of sp³-hybridized carbons (Fsp3) is 0.0588. The molecule has 2 aromatic rings. The van der Waals surface area contributed by atoms with E-state index in [0.717, 1.165) is 5.56 Å². The van der Waals surface area contributed by atoms with Crippen molar-refractivity contribution in [3.63, 3.8) is 0 Å². The predicted octanol–water partition coefficient (Wildman–Crippen LogP) is 3.44. The van der Waals surface area contributed by atoms with Crippen LogP contribution in [0.15, 0.2) is 60.8 Å². The van der Waals surface area contributed by atoms with E-state index in [0.29, 0.717) is 11.4 Å². The van der Waals surface area contributed by atoms with Crippen LogP contribution in [0, 0.1) is 0 Å². The Morgan fingerprint density at radius 2 is 1.59 bits per heavy atom. The van der Waals surface area contributed by atoms with Gasteiger partial charge in [0.25, 0.3) is 0 Å². The number of urea groups is 1. The van der Waals surface area contributed by atoms with E-state index in [1.807, 2.05) is 30.3 Å². The summed E-state index contributed by atoms with van der Waals surface area (Å²) >= 11 is 0. The number of amides is 3. The van der Waals surface area contributed by atoms with E-state index in [1.54, 1.807) is 36.5 Å². The van der Waals surface area contributed by atoms with Gasteiger partial charge < -0.3 is 16.0 Å². The van der Waals surface area contributed by atoms with E-state index < -0.39 is 0 Å². The summed E-state index contributed by atoms with van der Waals surface area (Å²) in [7, 11) is 0. The molecule has 0 fully saturated rings. The van der Waals surface area contributed by atoms with Gasteiger partial charge in [0.15, 0.2) is 0 Å². The summed E-state index contributed by atoms with van der Waals surface area (Å²) in [6.07, 6.45) is 3.37. The van der Waals surface area contributed by atoms with E-state index in [2.05, 4.69) is 16.0 Å². The van der Waals surface area contributed by atoms with Crippen LogP contribution in [0.1, 0.15) is 12.5 Å². The van der Waals surface area contributed by atoms with Crippen molar-refractivity contribution in [3.8, 4) is 0 Å². The second-order valence-corrected chi connectivity index (χ2v) is 4.60. The molecule has 0 aliphatic rings. The zero-order valence-corrected chi connectivity index (χ0v) is 12.2. The molecule has 0 saturated carbocycles. The van der Waals surface area contributed by atoms with Crippen molar-refractivity contribution in [1.82, 2.24) is 5.32 Å². The Labute approximate surface area is 129 Å². The molecule has 2 aromatic carbocycles. The Hall–Kier alpha value is -3.08. The largest absolute Gasteiger partial charge is 0.326 e. The summed E-state index contributed by atoms with van der Waals surface area (Å²) in [5, 5.41) is 7.97. The fourth-order valence-electron chi connectivity index (χ4n) is 1.82. The molecule has 22 heavy (non-hydrogen) atoms. The zero-order valence-electron chi connectivity index (χ0n) is 12.2. The number of benzene rings is 2. The van der Waals surface area contributed by atoms with Gasteiger partial charge in [0.05, 0.1) is 0 Å². The Morgan fingerprint density at radius 3 is 2.27 bits per heavy atom. The third kappa shape index (κ3) is 5.13. The van der Waals surface area contributed by atoms with Crippen LogP contribution in [0.3, 0.4) is 0 Å². The smallest absolute Gasteiger partial charge is 0.323 e. The first kappa shape index (κ1) is 15.3. The Morgan fingerprint density at radius 1 is 0.909 bits per heavy atom. The van der Waals surface area contributed by atoms with Gasteiger partial charge in [-0.3, -0.25) is 4.79 Å². The number of carbonyl (C=O) groups excluding carboxylic acids is 2. The van der Waals surface area contributed by atoms with Crippen molar-refractivity contribution < 1.29 is 9.59 Å². The molecule has 5 nitrogen and oxygen atoms in total. The third-order valence-corrected chi connectivity index (χ3v) is 2.73. The number of carbonyl (C=O) groups is 2. The van der Waals surface area contributed by atoms with E-state index >= 15 is 0 Å². The van der Waals surface area contributed by atoms with E-state index in [9.17, 15) is 9.59 Å². The monoisotopic (exact) mass is 295 g/mol. The lowest BCUT2D eigenvalue weighted by atomic mass is 10.2. The van der Waals surface area contributed by atoms with Crippen LogP contribution in [0.4, 0.5) is 16.2 Å². The molecule has 0 radical (unpaired) electrons. The lowest BCUT2D eigenvalue weighted by Crippen LogP contribution is -2.23. The minimum absolute atomic E-state index is 0.160. The maximum absolute atomic E-state index is 11.8. The van der Waals surface area contributed by atoms with Gasteiger partial charge in [-0.25, -0.2) is 4.79 Å². The SMILES string of the molecule is CC(=O)Nc1cccc(NC(=O)N/C=C/c2ccccc2)c1. The highest BCUT2D eigenvalue weighted by molar-refractivity contribution is 5.93. The lowest BCUT2D eigenvalue weighted by molar-refractivity contribution is -0.114. The van der Waals surface area contributed by atoms with Gasteiger partial charge in [-0.2, -0.15) is 0 Å². The first-order valence-electron chi connectivity index (χ1n) is 6.80. The van der Waals surface area contributed by atoms with Crippen molar-refractivity contribution in [1.29, 1.82) is 0 Å². The predicted molar refractivity (Wildman–Crippen MR) is 88.4 cm³/mol. The van der Waals surface area contributed by atoms with Gasteiger partial charge in [0.2, 0.25) is 5.91 Å². The van der Waals surface area contributed by atoms with Crippen LogP contribution in [-0.2, 0) is 4.79 Å². The van der Waals surface area contributed by atoms with Gasteiger partial charge in [-0.15, -0.1) is 0 Å². The number of hydrogen-bond donors (Lipinski definition) is 3. The van der Waals surface area contributed by atoms with Crippen LogP contribution in [0.5, 0.6) is 0 Å². The average molecular weight is 295 g/mol. The molecule has 0 saturated heterocycles. The van der Waals surface area contributed by atoms with Crippen molar-refractivity contribution in [2.24, 2.45) is 0 Å². The minimum Gasteiger partial charge on any atom is -0.326 e. The second-order valence-electron chi connectivity index (χ2n) is 4.60. The van der Waals surface area contributed by atoms with Gasteiger partial charge >= 0.3 is 6.03 Å². The highest BCUT2D eigenvalue weighted by Crippen LogP contribution is 2.14. The minimum atomic E-state index is -0.354. The normalized spacial score (nSPS) is 10.2. The van der Waals surface area contributed by atoms with Crippen LogP contribution in [0.2, 0.25) is 0 Å². The molecule has 112 valence electrons. The highest BCUT2D eigenvalue weighted by atomic mass is 16.2. The molecule has 5 heteroatoms. The summed E-state index contributed by atoms with van der Waals surface area (Å²) in [4.78, 5) is 22.8. The molecule has 0 spiro atoms. The molecule has 0 atom stereocenters. The van der Waals surface area contributed by atoms with Gasteiger partial charge in [0.1, 0.15) is 0 Å². The van der Waals surface area contributed by atoms with Crippen molar-refractivity contribution in [3.05, 3.63) is 66.4 Å². The van der Waals surface area contributed by atoms with Gasteiger partial charge in [-0.05, 0) is 29.8 Å². The summed E-state index contributed by atoms with van der Waals surface area (Å²) in [5.74, 6) is -0.160. The summed E-state index contributed by atoms with van der Waals surface area (Å²) in [6.45, 7) is 1.43. The van der Waals surface area contributed by atoms with Crippen LogP contribution in [-0.4, -0.2) is 11.9 Å². The lowest BCUT2D eigenvalue weighted by Gasteiger charge is -2.07. The molecule has 0 bridgehead atoms. The van der Waals surface area contributed by atoms with E-state index in [1.165, 1.54) is 6.92 Å². The summed E-state index contributed by atoms with van der Waals surface area (Å²) in [5.41, 5.74) is 2.22. The molecule has 2 rings (SSSR count). The van der Waals surface area contributed by atoms with Crippen LogP contribution >= 0.6 is 0 Å². The highest BCUT2D eigenvalue weighted by Gasteiger charge is 2.01. The maximum Gasteiger partial charge on any atom is 0.323 e. The topological polar surface area (TPSA) is 70.2 Å². The third-order valence-electron chi connectivity index (χ3n) is 2.73.